The van der Waals surface area contributed by atoms with Gasteiger partial charge < -0.3 is 29.3 Å². The molecule has 0 aromatic heterocycles. The van der Waals surface area contributed by atoms with Gasteiger partial charge in [0.15, 0.2) is 0 Å². The molecule has 2 heterocycles. The molecule has 2 N–H and O–H groups in total. The van der Waals surface area contributed by atoms with E-state index in [-0.39, 0.29) is 24.7 Å². The van der Waals surface area contributed by atoms with Crippen molar-refractivity contribution >= 4 is 29.2 Å². The molecule has 1 saturated heterocycles. The van der Waals surface area contributed by atoms with Gasteiger partial charge in [-0.15, -0.1) is 0 Å². The number of ether oxygens (including phenoxy) is 3. The molecule has 1 amide bonds. The Morgan fingerprint density at radius 3 is 2.61 bits per heavy atom. The molecule has 6 atom stereocenters. The second-order valence-electron chi connectivity index (χ2n) is 11.1. The minimum absolute atomic E-state index is 0.193. The van der Waals surface area contributed by atoms with Gasteiger partial charge >= 0.3 is 5.97 Å². The van der Waals surface area contributed by atoms with Gasteiger partial charge in [0, 0.05) is 26.3 Å². The fourth-order valence-corrected chi connectivity index (χ4v) is 5.42. The third-order valence-corrected chi connectivity index (χ3v) is 7.91. The molecule has 210 valence electrons. The van der Waals surface area contributed by atoms with Gasteiger partial charge in [0.05, 0.1) is 37.0 Å². The molecule has 1 aromatic rings. The number of hydrogen-bond acceptors (Lipinski definition) is 7. The van der Waals surface area contributed by atoms with Crippen molar-refractivity contribution in [2.45, 2.75) is 89.8 Å². The first-order chi connectivity index (χ1) is 17.7. The van der Waals surface area contributed by atoms with Crippen LogP contribution in [-0.2, 0) is 25.5 Å². The van der Waals surface area contributed by atoms with Crippen molar-refractivity contribution in [1.29, 1.82) is 0 Å². The van der Waals surface area contributed by atoms with Crippen LogP contribution in [0.1, 0.15) is 59.4 Å². The molecule has 0 spiro atoms. The zero-order chi connectivity index (χ0) is 28.4. The second kappa shape index (κ2) is 11.8. The van der Waals surface area contributed by atoms with E-state index in [0.29, 0.717) is 29.3 Å². The molecule has 3 rings (SSSR count). The first kappa shape index (κ1) is 30.2. The van der Waals surface area contributed by atoms with Gasteiger partial charge in [0.2, 0.25) is 5.91 Å². The summed E-state index contributed by atoms with van der Waals surface area (Å²) in [6.07, 6.45) is 4.46. The second-order valence-corrected chi connectivity index (χ2v) is 11.4. The molecule has 2 aliphatic rings. The van der Waals surface area contributed by atoms with Gasteiger partial charge in [-0.25, -0.2) is 0 Å². The topological polar surface area (TPSA) is 109 Å². The molecule has 0 radical (unpaired) electrons. The zero-order valence-electron chi connectivity index (χ0n) is 23.3. The lowest BCUT2D eigenvalue weighted by atomic mass is 9.83. The molecule has 38 heavy (non-hydrogen) atoms. The van der Waals surface area contributed by atoms with E-state index in [1.807, 2.05) is 44.2 Å². The van der Waals surface area contributed by atoms with Gasteiger partial charge in [-0.1, -0.05) is 42.3 Å². The lowest BCUT2D eigenvalue weighted by Gasteiger charge is -2.31. The number of fused-ring (bicyclic) bond motifs is 3. The Morgan fingerprint density at radius 2 is 1.97 bits per heavy atom. The van der Waals surface area contributed by atoms with Crippen LogP contribution >= 0.6 is 11.6 Å². The van der Waals surface area contributed by atoms with Crippen molar-refractivity contribution in [1.82, 2.24) is 0 Å². The Hall–Kier alpha value is -2.39. The summed E-state index contributed by atoms with van der Waals surface area (Å²) in [7, 11) is 3.14. The summed E-state index contributed by atoms with van der Waals surface area (Å²) in [5, 5.41) is 22.5. The molecule has 9 heteroatoms. The van der Waals surface area contributed by atoms with Crippen molar-refractivity contribution < 1.29 is 34.0 Å². The predicted octanol–water partition coefficient (Wildman–Crippen LogP) is 4.38. The number of anilines is 1. The van der Waals surface area contributed by atoms with E-state index in [2.05, 4.69) is 0 Å². The van der Waals surface area contributed by atoms with Gasteiger partial charge in [-0.2, -0.15) is 0 Å². The summed E-state index contributed by atoms with van der Waals surface area (Å²) in [6.45, 7) is 8.63. The Bertz CT molecular complexity index is 1110. The summed E-state index contributed by atoms with van der Waals surface area (Å²) in [4.78, 5) is 26.6. The van der Waals surface area contributed by atoms with Crippen molar-refractivity contribution in [3.8, 4) is 5.75 Å². The van der Waals surface area contributed by atoms with Crippen LogP contribution in [0.3, 0.4) is 0 Å². The molecule has 1 fully saturated rings. The van der Waals surface area contributed by atoms with Crippen LogP contribution in [0.4, 0.5) is 5.69 Å². The summed E-state index contributed by atoms with van der Waals surface area (Å²) in [6, 6.07) is 3.69. The maximum atomic E-state index is 13.3. The van der Waals surface area contributed by atoms with Crippen molar-refractivity contribution in [2.75, 3.05) is 19.1 Å². The first-order valence-corrected chi connectivity index (χ1v) is 13.3. The number of carbonyl (C=O) groups excluding carboxylic acids is 2. The third-order valence-electron chi connectivity index (χ3n) is 7.53. The lowest BCUT2D eigenvalue weighted by molar-refractivity contribution is -0.152. The summed E-state index contributed by atoms with van der Waals surface area (Å²) in [5.41, 5.74) is 0.292. The van der Waals surface area contributed by atoms with Crippen LogP contribution in [0.15, 0.2) is 35.9 Å². The highest BCUT2D eigenvalue weighted by Gasteiger charge is 2.61. The van der Waals surface area contributed by atoms with Gasteiger partial charge in [-0.3, -0.25) is 9.59 Å². The zero-order valence-corrected chi connectivity index (χ0v) is 24.0. The lowest BCUT2D eigenvalue weighted by Crippen LogP contribution is -2.41. The van der Waals surface area contributed by atoms with Gasteiger partial charge in [0.1, 0.15) is 22.5 Å². The van der Waals surface area contributed by atoms with Gasteiger partial charge in [0.25, 0.3) is 0 Å². The molecule has 0 saturated carbocycles. The van der Waals surface area contributed by atoms with E-state index < -0.39 is 35.5 Å². The number of rotatable bonds is 2. The maximum absolute atomic E-state index is 13.3. The molecule has 0 aliphatic carbocycles. The van der Waals surface area contributed by atoms with Crippen molar-refractivity contribution in [3.05, 3.63) is 46.5 Å². The minimum Gasteiger partial charge on any atom is -0.495 e. The highest BCUT2D eigenvalue weighted by molar-refractivity contribution is 6.35. The maximum Gasteiger partial charge on any atom is 0.302 e. The SMILES string of the molecule is COc1cc2cc(c1Cl)N(C)C(=O)C[C@H](O)[C@]1(C)O[C@H]1[C@H](C)[C@@H](OC(C)=O)C[C@](C)(O)C/C=C/C=C(\C)C2. The number of methoxy groups -OCH3 is 1. The highest BCUT2D eigenvalue weighted by Crippen LogP contribution is 2.47. The Balaban J connectivity index is 2.00. The van der Waals surface area contributed by atoms with E-state index in [9.17, 15) is 19.8 Å². The number of hydrogen-bond donors (Lipinski definition) is 2. The number of amides is 1. The molecular formula is C29H40ClNO7. The predicted molar refractivity (Wildman–Crippen MR) is 146 cm³/mol. The first-order valence-electron chi connectivity index (χ1n) is 12.9. The number of nitrogens with zero attached hydrogens (tertiary/aromatic N) is 1. The molecule has 0 unspecified atom stereocenters. The fraction of sp³-hybridized carbons (Fsp3) is 0.586. The number of epoxide rings is 1. The van der Waals surface area contributed by atoms with Gasteiger partial charge in [-0.05, 0) is 51.3 Å². The average Bonchev–Trinajstić information content (AvgIpc) is 3.53. The van der Waals surface area contributed by atoms with E-state index in [1.54, 1.807) is 20.9 Å². The summed E-state index contributed by atoms with van der Waals surface area (Å²) in [5.74, 6) is -0.679. The smallest absolute Gasteiger partial charge is 0.302 e. The number of halogens is 1. The van der Waals surface area contributed by atoms with Crippen LogP contribution < -0.4 is 9.64 Å². The van der Waals surface area contributed by atoms with Crippen LogP contribution in [0.5, 0.6) is 5.75 Å². The largest absolute Gasteiger partial charge is 0.495 e. The number of esters is 1. The van der Waals surface area contributed by atoms with Crippen molar-refractivity contribution in [2.24, 2.45) is 5.92 Å². The number of aliphatic hydroxyl groups excluding tert-OH is 1. The van der Waals surface area contributed by atoms with E-state index in [1.165, 1.54) is 18.9 Å². The average molecular weight is 550 g/mol. The molecule has 2 aliphatic heterocycles. The van der Waals surface area contributed by atoms with E-state index in [4.69, 9.17) is 25.8 Å². The Morgan fingerprint density at radius 1 is 1.29 bits per heavy atom. The van der Waals surface area contributed by atoms with E-state index in [0.717, 1.165) is 11.1 Å². The quantitative estimate of drug-likeness (QED) is 0.416. The van der Waals surface area contributed by atoms with Crippen LogP contribution in [0.2, 0.25) is 5.02 Å². The standard InChI is InChI=1S/C29H40ClNO7/c1-17-10-8-9-11-28(4,35)16-23(37-19(3)32)18(2)27-29(5,38-27)24(33)15-25(34)31(6)21-13-20(12-17)14-22(36-7)26(21)30/h8-10,13-14,18,23-24,27,33,35H,11-12,15-16H2,1-7H3/b9-8+,17-10+/t18-,23+,24+,27+,28-,29+/m1/s1. The summed E-state index contributed by atoms with van der Waals surface area (Å²) >= 11 is 6.58. The van der Waals surface area contributed by atoms with Crippen molar-refractivity contribution in [3.63, 3.8) is 0 Å². The molecule has 1 aromatic carbocycles. The van der Waals surface area contributed by atoms with Crippen LogP contribution in [0, 0.1) is 5.92 Å². The van der Waals surface area contributed by atoms with Crippen LogP contribution in [0.25, 0.3) is 0 Å². The minimum atomic E-state index is -1.14. The Labute approximate surface area is 230 Å². The monoisotopic (exact) mass is 549 g/mol. The summed E-state index contributed by atoms with van der Waals surface area (Å²) < 4.78 is 17.0. The molecule has 8 nitrogen and oxygen atoms in total. The van der Waals surface area contributed by atoms with E-state index >= 15 is 0 Å². The number of carbonyl (C=O) groups is 2. The molecular weight excluding hydrogens is 510 g/mol. The number of benzene rings is 1. The number of allylic oxidation sites excluding steroid dienone is 3. The number of aliphatic hydroxyl groups is 2. The van der Waals surface area contributed by atoms with Crippen LogP contribution in [-0.4, -0.2) is 65.8 Å². The Kier molecular flexibility index (Phi) is 9.35. The fourth-order valence-electron chi connectivity index (χ4n) is 5.10. The molecule has 2 bridgehead atoms. The highest BCUT2D eigenvalue weighted by atomic mass is 35.5. The third kappa shape index (κ3) is 6.97. The normalized spacial score (nSPS) is 35.1.